The van der Waals surface area contributed by atoms with Gasteiger partial charge >= 0.3 is 6.61 Å². The quantitative estimate of drug-likeness (QED) is 0.487. The fraction of sp³-hybridized carbons (Fsp3) is 0.316. The number of benzene rings is 2. The van der Waals surface area contributed by atoms with Crippen LogP contribution in [0.5, 0.6) is 11.5 Å². The molecular weight excluding hydrogens is 374 g/mol. The Morgan fingerprint density at radius 1 is 1.21 bits per heavy atom. The molecule has 0 spiro atoms. The number of hydrogen-bond donors (Lipinski definition) is 1. The second-order valence-corrected chi connectivity index (χ2v) is 5.91. The Labute approximate surface area is 160 Å². The minimum atomic E-state index is -3.19. The summed E-state index contributed by atoms with van der Waals surface area (Å²) in [6, 6.07) is 8.86. The van der Waals surface area contributed by atoms with Gasteiger partial charge in [-0.15, -0.1) is 0 Å². The number of ether oxygens (including phenoxy) is 2. The maximum absolute atomic E-state index is 12.5. The van der Waals surface area contributed by atoms with Crippen molar-refractivity contribution in [3.05, 3.63) is 57.6 Å². The fourth-order valence-corrected chi connectivity index (χ4v) is 2.56. The van der Waals surface area contributed by atoms with Crippen molar-refractivity contribution in [1.82, 2.24) is 0 Å². The molecule has 0 atom stereocenters. The zero-order valence-corrected chi connectivity index (χ0v) is 15.4. The number of nitrogens with zero attached hydrogens (tertiary/aromatic N) is 1. The van der Waals surface area contributed by atoms with Crippen molar-refractivity contribution >= 4 is 17.3 Å². The van der Waals surface area contributed by atoms with Crippen LogP contribution in [0.3, 0.4) is 0 Å². The standard InChI is InChI=1S/C19H20F2N2O5/c1-3-4-5-12-6-8-13(9-7-12)22-18(24)14-10-16(27-2)17(28-19(20)21)11-15(14)23(25)26/h6-11,19H,3-5H2,1-2H3,(H,22,24). The van der Waals surface area contributed by atoms with Crippen molar-refractivity contribution in [3.8, 4) is 11.5 Å². The molecule has 2 aromatic rings. The van der Waals surface area contributed by atoms with Gasteiger partial charge in [-0.25, -0.2) is 0 Å². The first kappa shape index (κ1) is 21.1. The molecule has 28 heavy (non-hydrogen) atoms. The molecule has 2 rings (SSSR count). The highest BCUT2D eigenvalue weighted by molar-refractivity contribution is 6.07. The number of amides is 1. The van der Waals surface area contributed by atoms with Crippen molar-refractivity contribution in [1.29, 1.82) is 0 Å². The normalized spacial score (nSPS) is 10.6. The molecule has 0 aromatic heterocycles. The molecule has 0 saturated carbocycles. The number of nitro groups is 1. The van der Waals surface area contributed by atoms with Gasteiger partial charge in [0.2, 0.25) is 0 Å². The second-order valence-electron chi connectivity index (χ2n) is 5.91. The zero-order chi connectivity index (χ0) is 20.7. The Balaban J connectivity index is 2.29. The van der Waals surface area contributed by atoms with E-state index < -0.39 is 28.9 Å². The van der Waals surface area contributed by atoms with E-state index in [0.29, 0.717) is 5.69 Å². The van der Waals surface area contributed by atoms with Crippen molar-refractivity contribution in [2.75, 3.05) is 12.4 Å². The number of rotatable bonds is 9. The van der Waals surface area contributed by atoms with Gasteiger partial charge in [-0.2, -0.15) is 8.78 Å². The third kappa shape index (κ3) is 5.38. The van der Waals surface area contributed by atoms with Crippen molar-refractivity contribution in [2.24, 2.45) is 0 Å². The van der Waals surface area contributed by atoms with Crippen LogP contribution in [0.15, 0.2) is 36.4 Å². The maximum Gasteiger partial charge on any atom is 0.387 e. The second kappa shape index (κ2) is 9.63. The summed E-state index contributed by atoms with van der Waals surface area (Å²) in [5.41, 5.74) is 0.555. The number of alkyl halides is 2. The van der Waals surface area contributed by atoms with Gasteiger partial charge in [0.05, 0.1) is 18.1 Å². The number of nitrogens with one attached hydrogen (secondary N) is 1. The van der Waals surface area contributed by atoms with Crippen LogP contribution in [0.2, 0.25) is 0 Å². The molecule has 0 aliphatic carbocycles. The molecule has 1 N–H and O–H groups in total. The lowest BCUT2D eigenvalue weighted by Gasteiger charge is -2.12. The number of nitro benzene ring substituents is 1. The average molecular weight is 394 g/mol. The molecule has 0 heterocycles. The van der Waals surface area contributed by atoms with E-state index in [0.717, 1.165) is 37.0 Å². The number of carbonyl (C=O) groups is 1. The lowest BCUT2D eigenvalue weighted by Crippen LogP contribution is -2.15. The van der Waals surface area contributed by atoms with E-state index in [-0.39, 0.29) is 11.3 Å². The number of halogens is 2. The number of methoxy groups -OCH3 is 1. The Morgan fingerprint density at radius 2 is 1.89 bits per heavy atom. The topological polar surface area (TPSA) is 90.7 Å². The van der Waals surface area contributed by atoms with Gasteiger partial charge in [-0.05, 0) is 30.5 Å². The maximum atomic E-state index is 12.5. The zero-order valence-electron chi connectivity index (χ0n) is 15.4. The molecule has 9 heteroatoms. The van der Waals surface area contributed by atoms with Gasteiger partial charge in [0.25, 0.3) is 11.6 Å². The minimum absolute atomic E-state index is 0.217. The molecule has 7 nitrogen and oxygen atoms in total. The van der Waals surface area contributed by atoms with Crippen molar-refractivity contribution in [2.45, 2.75) is 32.8 Å². The average Bonchev–Trinajstić information content (AvgIpc) is 2.66. The van der Waals surface area contributed by atoms with Gasteiger partial charge < -0.3 is 14.8 Å². The van der Waals surface area contributed by atoms with Gasteiger partial charge in [0, 0.05) is 11.8 Å². The summed E-state index contributed by atoms with van der Waals surface area (Å²) in [5, 5.41) is 13.9. The molecule has 0 bridgehead atoms. The van der Waals surface area contributed by atoms with Crippen LogP contribution in [0, 0.1) is 10.1 Å². The molecule has 2 aromatic carbocycles. The van der Waals surface area contributed by atoms with E-state index >= 15 is 0 Å². The molecule has 0 aliphatic heterocycles. The molecule has 0 fully saturated rings. The fourth-order valence-electron chi connectivity index (χ4n) is 2.56. The Bertz CT molecular complexity index is 841. The predicted octanol–water partition coefficient (Wildman–Crippen LogP) is 4.80. The lowest BCUT2D eigenvalue weighted by molar-refractivity contribution is -0.385. The van der Waals surface area contributed by atoms with Crippen LogP contribution in [-0.2, 0) is 6.42 Å². The number of unbranched alkanes of at least 4 members (excludes halogenated alkanes) is 1. The van der Waals surface area contributed by atoms with Crippen molar-refractivity contribution < 1.29 is 28.0 Å². The summed E-state index contributed by atoms with van der Waals surface area (Å²) in [6.07, 6.45) is 3.03. The number of carbonyl (C=O) groups excluding carboxylic acids is 1. The summed E-state index contributed by atoms with van der Waals surface area (Å²) >= 11 is 0. The van der Waals surface area contributed by atoms with Crippen LogP contribution in [0.25, 0.3) is 0 Å². The largest absolute Gasteiger partial charge is 0.493 e. The number of aryl methyl sites for hydroxylation is 1. The minimum Gasteiger partial charge on any atom is -0.493 e. The molecular formula is C19H20F2N2O5. The number of hydrogen-bond acceptors (Lipinski definition) is 5. The predicted molar refractivity (Wildman–Crippen MR) is 99.3 cm³/mol. The van der Waals surface area contributed by atoms with Gasteiger partial charge in [-0.1, -0.05) is 25.5 Å². The lowest BCUT2D eigenvalue weighted by atomic mass is 10.1. The highest BCUT2D eigenvalue weighted by Crippen LogP contribution is 2.36. The van der Waals surface area contributed by atoms with E-state index in [2.05, 4.69) is 17.0 Å². The van der Waals surface area contributed by atoms with Crippen LogP contribution in [0.4, 0.5) is 20.2 Å². The summed E-state index contributed by atoms with van der Waals surface area (Å²) in [5.74, 6) is -1.51. The van der Waals surface area contributed by atoms with Gasteiger partial charge in [-0.3, -0.25) is 14.9 Å². The van der Waals surface area contributed by atoms with E-state index in [1.807, 2.05) is 12.1 Å². The summed E-state index contributed by atoms with van der Waals surface area (Å²) in [7, 11) is 1.18. The molecule has 1 amide bonds. The summed E-state index contributed by atoms with van der Waals surface area (Å²) < 4.78 is 34.1. The number of anilines is 1. The van der Waals surface area contributed by atoms with Crippen LogP contribution < -0.4 is 14.8 Å². The SMILES string of the molecule is CCCCc1ccc(NC(=O)c2cc(OC)c(OC(F)F)cc2[N+](=O)[O-])cc1. The highest BCUT2D eigenvalue weighted by Gasteiger charge is 2.26. The molecule has 150 valence electrons. The van der Waals surface area contributed by atoms with E-state index in [1.54, 1.807) is 12.1 Å². The molecule has 0 unspecified atom stereocenters. The first-order valence-corrected chi connectivity index (χ1v) is 8.57. The van der Waals surface area contributed by atoms with E-state index in [1.165, 1.54) is 7.11 Å². The van der Waals surface area contributed by atoms with Crippen LogP contribution in [-0.4, -0.2) is 24.6 Å². The van der Waals surface area contributed by atoms with E-state index in [4.69, 9.17) is 4.74 Å². The van der Waals surface area contributed by atoms with Crippen LogP contribution in [0.1, 0.15) is 35.7 Å². The van der Waals surface area contributed by atoms with Gasteiger partial charge in [0.1, 0.15) is 5.56 Å². The molecule has 0 aliphatic rings. The Kier molecular flexibility index (Phi) is 7.25. The van der Waals surface area contributed by atoms with Gasteiger partial charge in [0.15, 0.2) is 11.5 Å². The highest BCUT2D eigenvalue weighted by atomic mass is 19.3. The summed E-state index contributed by atoms with van der Waals surface area (Å²) in [4.78, 5) is 23.0. The smallest absolute Gasteiger partial charge is 0.387 e. The Morgan fingerprint density at radius 3 is 2.43 bits per heavy atom. The first-order valence-electron chi connectivity index (χ1n) is 8.57. The molecule has 0 saturated heterocycles. The monoisotopic (exact) mass is 394 g/mol. The van der Waals surface area contributed by atoms with Crippen LogP contribution >= 0.6 is 0 Å². The van der Waals surface area contributed by atoms with Crippen molar-refractivity contribution in [3.63, 3.8) is 0 Å². The molecule has 0 radical (unpaired) electrons. The van der Waals surface area contributed by atoms with E-state index in [9.17, 15) is 23.7 Å². The third-order valence-electron chi connectivity index (χ3n) is 3.97. The Hall–Kier alpha value is -3.23. The third-order valence-corrected chi connectivity index (χ3v) is 3.97. The summed E-state index contributed by atoms with van der Waals surface area (Å²) in [6.45, 7) is -1.10. The first-order chi connectivity index (χ1) is 13.3.